The monoisotopic (exact) mass is 264 g/mol. The van der Waals surface area contributed by atoms with Gasteiger partial charge in [0, 0.05) is 19.6 Å². The molecule has 0 amide bonds. The molecule has 0 aliphatic carbocycles. The van der Waals surface area contributed by atoms with E-state index in [2.05, 4.69) is 5.32 Å². The van der Waals surface area contributed by atoms with Crippen LogP contribution in [0.3, 0.4) is 0 Å². The van der Waals surface area contributed by atoms with Gasteiger partial charge in [0.2, 0.25) is 0 Å². The lowest BCUT2D eigenvalue weighted by atomic mass is 10.1. The number of carbonyl (C=O) groups is 2. The molecule has 0 unspecified atom stereocenters. The molecule has 0 fully saturated rings. The van der Waals surface area contributed by atoms with Crippen molar-refractivity contribution in [3.63, 3.8) is 0 Å². The first kappa shape index (κ1) is 13.2. The fourth-order valence-electron chi connectivity index (χ4n) is 2.15. The van der Waals surface area contributed by atoms with Crippen molar-refractivity contribution >= 4 is 23.3 Å². The molecule has 3 N–H and O–H groups in total. The zero-order valence-corrected chi connectivity index (χ0v) is 10.4. The maximum Gasteiger partial charge on any atom is 0.335 e. The maximum absolute atomic E-state index is 11.0. The Labute approximate surface area is 110 Å². The van der Waals surface area contributed by atoms with E-state index in [-0.39, 0.29) is 12.0 Å². The van der Waals surface area contributed by atoms with Crippen LogP contribution in [0, 0.1) is 0 Å². The summed E-state index contributed by atoms with van der Waals surface area (Å²) in [6, 6.07) is 4.88. The van der Waals surface area contributed by atoms with E-state index in [9.17, 15) is 9.59 Å². The molecule has 1 aromatic carbocycles. The molecule has 0 spiro atoms. The van der Waals surface area contributed by atoms with Crippen LogP contribution >= 0.6 is 0 Å². The highest BCUT2D eigenvalue weighted by Gasteiger charge is 2.17. The summed E-state index contributed by atoms with van der Waals surface area (Å²) in [5.41, 5.74) is 1.83. The molecule has 1 heterocycles. The lowest BCUT2D eigenvalue weighted by Crippen LogP contribution is -2.27. The lowest BCUT2D eigenvalue weighted by Gasteiger charge is -2.24. The minimum Gasteiger partial charge on any atom is -0.481 e. The number of nitrogens with one attached hydrogen (secondary N) is 1. The molecule has 1 aliphatic heterocycles. The fraction of sp³-hybridized carbons (Fsp3) is 0.385. The molecule has 1 aliphatic rings. The Morgan fingerprint density at radius 3 is 2.79 bits per heavy atom. The van der Waals surface area contributed by atoms with Crippen LogP contribution < -0.4 is 10.2 Å². The number of hydrogen-bond acceptors (Lipinski definition) is 4. The van der Waals surface area contributed by atoms with Crippen LogP contribution in [0.1, 0.15) is 23.2 Å². The molecule has 0 saturated heterocycles. The van der Waals surface area contributed by atoms with Crippen molar-refractivity contribution in [1.29, 1.82) is 0 Å². The Hall–Kier alpha value is -2.24. The summed E-state index contributed by atoms with van der Waals surface area (Å²) in [4.78, 5) is 23.6. The number of aliphatic carboxylic acids is 1. The van der Waals surface area contributed by atoms with Crippen LogP contribution in [0.2, 0.25) is 0 Å². The quantitative estimate of drug-likeness (QED) is 0.763. The third kappa shape index (κ3) is 3.15. The highest BCUT2D eigenvalue weighted by atomic mass is 16.4. The highest BCUT2D eigenvalue weighted by Crippen LogP contribution is 2.29. The molecule has 0 aromatic heterocycles. The second kappa shape index (κ2) is 5.60. The summed E-state index contributed by atoms with van der Waals surface area (Å²) >= 11 is 0. The van der Waals surface area contributed by atoms with E-state index in [1.165, 1.54) is 0 Å². The molecule has 0 saturated carbocycles. The van der Waals surface area contributed by atoms with Crippen molar-refractivity contribution < 1.29 is 19.8 Å². The SMILES string of the molecule is O=C(O)CCN1CCCNc2ccc(C(=O)O)cc21. The van der Waals surface area contributed by atoms with Crippen molar-refractivity contribution in [1.82, 2.24) is 0 Å². The molecule has 0 bridgehead atoms. The maximum atomic E-state index is 11.0. The van der Waals surface area contributed by atoms with Crippen molar-refractivity contribution in [3.05, 3.63) is 23.8 Å². The van der Waals surface area contributed by atoms with Crippen LogP contribution in [0.25, 0.3) is 0 Å². The van der Waals surface area contributed by atoms with Gasteiger partial charge in [0.15, 0.2) is 0 Å². The number of nitrogens with zero attached hydrogens (tertiary/aromatic N) is 1. The molecular weight excluding hydrogens is 248 g/mol. The van der Waals surface area contributed by atoms with Gasteiger partial charge in [0.25, 0.3) is 0 Å². The molecule has 0 radical (unpaired) electrons. The van der Waals surface area contributed by atoms with Crippen LogP contribution in [0.15, 0.2) is 18.2 Å². The summed E-state index contributed by atoms with van der Waals surface area (Å²) in [7, 11) is 0. The zero-order valence-electron chi connectivity index (χ0n) is 10.4. The van der Waals surface area contributed by atoms with Gasteiger partial charge in [-0.1, -0.05) is 0 Å². The van der Waals surface area contributed by atoms with Crippen molar-refractivity contribution in [3.8, 4) is 0 Å². The van der Waals surface area contributed by atoms with Crippen molar-refractivity contribution in [2.45, 2.75) is 12.8 Å². The van der Waals surface area contributed by atoms with E-state index in [1.54, 1.807) is 18.2 Å². The van der Waals surface area contributed by atoms with Crippen LogP contribution in [0.4, 0.5) is 11.4 Å². The highest BCUT2D eigenvalue weighted by molar-refractivity contribution is 5.91. The first-order valence-electron chi connectivity index (χ1n) is 6.16. The van der Waals surface area contributed by atoms with Gasteiger partial charge in [-0.25, -0.2) is 4.79 Å². The number of carboxylic acids is 2. The molecule has 2 rings (SSSR count). The van der Waals surface area contributed by atoms with Gasteiger partial charge in [-0.3, -0.25) is 4.79 Å². The molecule has 19 heavy (non-hydrogen) atoms. The first-order valence-corrected chi connectivity index (χ1v) is 6.16. The molecule has 1 aromatic rings. The third-order valence-electron chi connectivity index (χ3n) is 3.10. The number of rotatable bonds is 4. The molecular formula is C13H16N2O4. The summed E-state index contributed by atoms with van der Waals surface area (Å²) < 4.78 is 0. The van der Waals surface area contributed by atoms with Gasteiger partial charge in [0.1, 0.15) is 0 Å². The number of aromatic carboxylic acids is 1. The van der Waals surface area contributed by atoms with Crippen LogP contribution in [-0.2, 0) is 4.79 Å². The van der Waals surface area contributed by atoms with Gasteiger partial charge in [0.05, 0.1) is 23.4 Å². The number of carboxylic acid groups (broad SMARTS) is 2. The van der Waals surface area contributed by atoms with E-state index < -0.39 is 11.9 Å². The summed E-state index contributed by atoms with van der Waals surface area (Å²) in [5.74, 6) is -1.83. The Bertz CT molecular complexity index is 501. The standard InChI is InChI=1S/C13H16N2O4/c16-12(17)4-7-15-6-1-5-14-10-3-2-9(13(18)19)8-11(10)15/h2-3,8,14H,1,4-7H2,(H,16,17)(H,18,19). The molecule has 102 valence electrons. The zero-order chi connectivity index (χ0) is 13.8. The average Bonchev–Trinajstić information content (AvgIpc) is 2.57. The van der Waals surface area contributed by atoms with E-state index in [0.717, 1.165) is 30.9 Å². The van der Waals surface area contributed by atoms with Gasteiger partial charge in [-0.2, -0.15) is 0 Å². The predicted molar refractivity (Wildman–Crippen MR) is 71.0 cm³/mol. The molecule has 6 heteroatoms. The topological polar surface area (TPSA) is 89.9 Å². The smallest absolute Gasteiger partial charge is 0.335 e. The van der Waals surface area contributed by atoms with Crippen LogP contribution in [-0.4, -0.2) is 41.8 Å². The van der Waals surface area contributed by atoms with Crippen molar-refractivity contribution in [2.24, 2.45) is 0 Å². The normalized spacial score (nSPS) is 14.2. The minimum absolute atomic E-state index is 0.0384. The first-order chi connectivity index (χ1) is 9.08. The predicted octanol–water partition coefficient (Wildman–Crippen LogP) is 1.48. The molecule has 0 atom stereocenters. The Morgan fingerprint density at radius 1 is 1.32 bits per heavy atom. The summed E-state index contributed by atoms with van der Waals surface area (Å²) in [6.45, 7) is 1.90. The second-order valence-corrected chi connectivity index (χ2v) is 4.45. The summed E-state index contributed by atoms with van der Waals surface area (Å²) in [5, 5.41) is 21.0. The van der Waals surface area contributed by atoms with E-state index >= 15 is 0 Å². The average molecular weight is 264 g/mol. The van der Waals surface area contributed by atoms with Crippen molar-refractivity contribution in [2.75, 3.05) is 29.9 Å². The lowest BCUT2D eigenvalue weighted by molar-refractivity contribution is -0.136. The van der Waals surface area contributed by atoms with Gasteiger partial charge in [-0.05, 0) is 24.6 Å². The Kier molecular flexibility index (Phi) is 3.89. The number of hydrogen-bond donors (Lipinski definition) is 3. The second-order valence-electron chi connectivity index (χ2n) is 4.45. The summed E-state index contributed by atoms with van der Waals surface area (Å²) in [6.07, 6.45) is 0.924. The Morgan fingerprint density at radius 2 is 2.11 bits per heavy atom. The number of anilines is 2. The third-order valence-corrected chi connectivity index (χ3v) is 3.10. The van der Waals surface area contributed by atoms with Gasteiger partial charge >= 0.3 is 11.9 Å². The fourth-order valence-corrected chi connectivity index (χ4v) is 2.15. The van der Waals surface area contributed by atoms with E-state index in [1.807, 2.05) is 4.90 Å². The van der Waals surface area contributed by atoms with Gasteiger partial charge in [-0.15, -0.1) is 0 Å². The van der Waals surface area contributed by atoms with E-state index in [4.69, 9.17) is 10.2 Å². The van der Waals surface area contributed by atoms with Crippen LogP contribution in [0.5, 0.6) is 0 Å². The van der Waals surface area contributed by atoms with E-state index in [0.29, 0.717) is 6.54 Å². The largest absolute Gasteiger partial charge is 0.481 e. The molecule has 6 nitrogen and oxygen atoms in total. The number of benzene rings is 1. The Balaban J connectivity index is 2.29. The minimum atomic E-state index is -0.981. The number of fused-ring (bicyclic) bond motifs is 1. The van der Waals surface area contributed by atoms with Gasteiger partial charge < -0.3 is 20.4 Å².